The van der Waals surface area contributed by atoms with Crippen molar-refractivity contribution >= 4 is 115 Å². The highest BCUT2D eigenvalue weighted by molar-refractivity contribution is 6.22. The first-order chi connectivity index (χ1) is 59.0. The van der Waals surface area contributed by atoms with Gasteiger partial charge in [0.1, 0.15) is 11.2 Å². The van der Waals surface area contributed by atoms with E-state index in [1.807, 2.05) is 93.5 Å². The minimum absolute atomic E-state index is 0.158. The molecule has 4 aliphatic carbocycles. The number of amides is 2. The fourth-order valence-corrected chi connectivity index (χ4v) is 14.5. The molecule has 6 aromatic rings. The number of carbonyl (C=O) groups is 6. The molecule has 0 radical (unpaired) electrons. The van der Waals surface area contributed by atoms with Gasteiger partial charge in [-0.2, -0.15) is 0 Å². The number of aromatic carboxylic acids is 2. The molecule has 2 amide bonds. The van der Waals surface area contributed by atoms with E-state index in [0.717, 1.165) is 107 Å². The van der Waals surface area contributed by atoms with Crippen LogP contribution in [0.2, 0.25) is 0 Å². The van der Waals surface area contributed by atoms with Crippen molar-refractivity contribution in [2.45, 2.75) is 330 Å². The number of guanidine groups is 4. The summed E-state index contributed by atoms with van der Waals surface area (Å²) in [5.41, 5.74) is 15.6. The summed E-state index contributed by atoms with van der Waals surface area (Å²) in [5.74, 6) is -3.09. The zero-order valence-corrected chi connectivity index (χ0v) is 79.2. The number of benzene rings is 5. The Hall–Kier alpha value is -11.4. The average Bonchev–Trinajstić information content (AvgIpc) is 1.61. The molecule has 5 aliphatic rings. The van der Waals surface area contributed by atoms with Gasteiger partial charge in [-0.25, -0.2) is 0 Å². The zero-order valence-electron chi connectivity index (χ0n) is 79.2. The number of nitrogens with one attached hydrogen (secondary N) is 8. The summed E-state index contributed by atoms with van der Waals surface area (Å²) in [7, 11) is 0. The second-order valence-corrected chi connectivity index (χ2v) is 34.7. The number of aliphatic imine (C=N–C) groups is 4. The van der Waals surface area contributed by atoms with Crippen LogP contribution in [-0.2, 0) is 22.4 Å². The topological polar surface area (TPSA) is 382 Å². The van der Waals surface area contributed by atoms with Gasteiger partial charge in [-0.05, 0) is 317 Å². The summed E-state index contributed by atoms with van der Waals surface area (Å²) < 4.78 is 5.66. The van der Waals surface area contributed by atoms with Gasteiger partial charge in [-0.1, -0.05) is 132 Å². The molecule has 680 valence electrons. The van der Waals surface area contributed by atoms with Crippen molar-refractivity contribution in [1.82, 2.24) is 26.2 Å². The van der Waals surface area contributed by atoms with Gasteiger partial charge in [-0.3, -0.25) is 60.5 Å². The van der Waals surface area contributed by atoms with Crippen LogP contribution in [0.15, 0.2) is 132 Å². The zero-order chi connectivity index (χ0) is 93.5. The Bertz CT molecular complexity index is 4770. The number of carbonyl (C=O) groups excluding carboxylic acids is 6. The van der Waals surface area contributed by atoms with Gasteiger partial charge in [0.2, 0.25) is 5.43 Å². The molecule has 11 rings (SSSR count). The lowest BCUT2D eigenvalue weighted by atomic mass is 9.82. The molecule has 25 nitrogen and oxygen atoms in total. The Kier molecular flexibility index (Phi) is 45.5. The maximum Gasteiger partial charge on any atom is 0.384 e. The Morgan fingerprint density at radius 2 is 0.856 bits per heavy atom. The van der Waals surface area contributed by atoms with Crippen molar-refractivity contribution in [1.29, 1.82) is 0 Å². The number of aliphatic carboxylic acids is 2. The lowest BCUT2D eigenvalue weighted by Gasteiger charge is -2.24. The Labute approximate surface area is 742 Å². The summed E-state index contributed by atoms with van der Waals surface area (Å²) in [5, 5.41) is 57.8. The fraction of sp³-hybridized carbons (Fsp3) is 0.510. The van der Waals surface area contributed by atoms with E-state index in [1.165, 1.54) is 106 Å². The van der Waals surface area contributed by atoms with E-state index in [1.54, 1.807) is 66.7 Å². The maximum atomic E-state index is 12.4. The van der Waals surface area contributed by atoms with Crippen LogP contribution in [0.5, 0.6) is 0 Å². The normalized spacial score (nSPS) is 15.5. The molecule has 1 aromatic heterocycles. The number of rotatable bonds is 14. The Morgan fingerprint density at radius 3 is 1.22 bits per heavy atom. The molecule has 0 saturated heterocycles. The number of allylic oxidation sites excluding steroid dienone is 4. The van der Waals surface area contributed by atoms with Crippen molar-refractivity contribution < 1.29 is 73.6 Å². The summed E-state index contributed by atoms with van der Waals surface area (Å²) in [6.45, 7) is 50.1. The molecule has 25 heteroatoms. The van der Waals surface area contributed by atoms with Crippen molar-refractivity contribution in [3.8, 4) is 0 Å². The van der Waals surface area contributed by atoms with Gasteiger partial charge in [-0.15, -0.1) is 0 Å². The molecule has 2 fully saturated rings. The quantitative estimate of drug-likeness (QED) is 0.0221. The van der Waals surface area contributed by atoms with E-state index in [9.17, 15) is 54.0 Å². The number of para-hydroxylation sites is 1. The number of aryl methyl sites for hydroxylation is 2. The van der Waals surface area contributed by atoms with E-state index in [4.69, 9.17) is 4.42 Å². The lowest BCUT2D eigenvalue weighted by Crippen LogP contribution is -2.82. The van der Waals surface area contributed by atoms with Gasteiger partial charge in [0.25, 0.3) is 11.8 Å². The van der Waals surface area contributed by atoms with E-state index >= 15 is 0 Å². The van der Waals surface area contributed by atoms with E-state index in [0.29, 0.717) is 91.9 Å². The molecule has 125 heavy (non-hydrogen) atoms. The van der Waals surface area contributed by atoms with Gasteiger partial charge in [0.15, 0.2) is 0 Å². The Morgan fingerprint density at radius 1 is 0.472 bits per heavy atom. The summed E-state index contributed by atoms with van der Waals surface area (Å²) in [6.07, 6.45) is 23.6. The van der Waals surface area contributed by atoms with Crippen LogP contribution >= 0.6 is 0 Å². The number of imide groups is 1. The molecule has 1 atom stereocenters. The Balaban J connectivity index is 0.000000301. The second kappa shape index (κ2) is 53.7. The van der Waals surface area contributed by atoms with Crippen LogP contribution < -0.4 is 67.1 Å². The van der Waals surface area contributed by atoms with E-state index < -0.39 is 48.2 Å². The first-order valence-electron chi connectivity index (χ1n) is 44.4. The third kappa shape index (κ3) is 36.8. The van der Waals surface area contributed by atoms with Crippen LogP contribution in [-0.4, -0.2) is 142 Å². The molecular weight excluding hydrogens is 1580 g/mol. The highest BCUT2D eigenvalue weighted by atomic mass is 16.4. The van der Waals surface area contributed by atoms with Crippen LogP contribution in [0.3, 0.4) is 0 Å². The van der Waals surface area contributed by atoms with Crippen molar-refractivity contribution in [2.24, 2.45) is 20.0 Å². The van der Waals surface area contributed by atoms with Crippen molar-refractivity contribution in [3.05, 3.63) is 175 Å². The van der Waals surface area contributed by atoms with E-state index in [-0.39, 0.29) is 16.6 Å². The SMILES string of the molecule is C/C=C1\CCCc2c(C)ccc(C(=O)[O-])c21.C/C=C1\CCCc2c(C)ccc(C(=O)[O-])c21.CC(C(=O)[O-])c1ccc2oc3ccccc3c(=O)c2c1.CC(C)=NC(NC(C)C)=[NH+]C(C)C.CC(C)=NC(NC(C)C)=[NH+]C(C)C.CC(C)=NC(NC(C)C)=[NH+]C(C)C.CC(C)=NC(NC1CCCCC1)=[NH+]C1CCCCC1.O=C([O-])CN1C(=O)c2ccccc2C1=O. The first kappa shape index (κ1) is 106. The standard InChI is InChI=1S/C16H29N3.C16H12O4.2C14H16O2.3C10H21N3.C10H7NO4/c1-13(2)17-16(18-14-9-5-3-6-10-14)19-15-11-7-4-8-12-15;1-9(16(18)19)10-6-7-14-12(8-10)15(17)11-4-2-3-5-13(11)20-14;2*1-3-10-5-4-6-11-9(2)7-8-12(13(10)11)14(15)16;3*1-7(2)11-10(12-8(3)4)13-9(5)6;12-8(13)5-11-9(14)6-3-1-2-4-7(6)10(11)15/h14-15H,3-12H2,1-2H3,(H,18,19);2-9H,1H3,(H,18,19);2*3,7-8H,4-6H2,1-2H3,(H,15,16);3*7-8H,1-6H3,(H,11,12);1-4H,5H2,(H,12,13)/b;;2*10-3+;;;;. The van der Waals surface area contributed by atoms with Crippen LogP contribution in [0.25, 0.3) is 33.1 Å². The minimum atomic E-state index is -1.45. The molecule has 2 saturated carbocycles. The predicted octanol–water partition coefficient (Wildman–Crippen LogP) is 8.12. The van der Waals surface area contributed by atoms with Gasteiger partial charge >= 0.3 is 23.8 Å². The van der Waals surface area contributed by atoms with Gasteiger partial charge in [0.05, 0.1) is 118 Å². The highest BCUT2D eigenvalue weighted by Crippen LogP contribution is 2.37. The van der Waals surface area contributed by atoms with Gasteiger partial charge < -0.3 is 44.0 Å². The molecule has 1 aliphatic heterocycles. The fourth-order valence-electron chi connectivity index (χ4n) is 14.5. The number of carboxylic acids is 4. The number of carboxylic acid groups (broad SMARTS) is 4. The third-order valence-electron chi connectivity index (χ3n) is 20.0. The molecule has 1 unspecified atom stereocenters. The second-order valence-electron chi connectivity index (χ2n) is 34.7. The smallest absolute Gasteiger partial charge is 0.384 e. The van der Waals surface area contributed by atoms with Crippen LogP contribution in [0, 0.1) is 13.8 Å². The maximum absolute atomic E-state index is 12.4. The summed E-state index contributed by atoms with van der Waals surface area (Å²) >= 11 is 0. The minimum Gasteiger partial charge on any atom is -0.550 e. The lowest BCUT2D eigenvalue weighted by molar-refractivity contribution is -0.510. The summed E-state index contributed by atoms with van der Waals surface area (Å²) in [6, 6.07) is 28.8. The van der Waals surface area contributed by atoms with Crippen LogP contribution in [0.4, 0.5) is 0 Å². The van der Waals surface area contributed by atoms with E-state index in [2.05, 4.69) is 158 Å². The van der Waals surface area contributed by atoms with Gasteiger partial charge in [0, 0.05) is 23.0 Å². The highest BCUT2D eigenvalue weighted by Gasteiger charge is 2.35. The number of fused-ring (bicyclic) bond motifs is 5. The molecule has 0 spiro atoms. The molecule has 2 heterocycles. The molecule has 5 aromatic carbocycles. The molecule has 0 bridgehead atoms. The molecule has 8 N–H and O–H groups in total. The first-order valence-corrected chi connectivity index (χ1v) is 44.4. The average molecular weight is 1720 g/mol. The van der Waals surface area contributed by atoms with Crippen molar-refractivity contribution in [2.75, 3.05) is 6.54 Å². The van der Waals surface area contributed by atoms with Crippen LogP contribution in [0.1, 0.15) is 335 Å². The predicted molar refractivity (Wildman–Crippen MR) is 501 cm³/mol. The number of hydrogen-bond donors (Lipinski definition) is 8. The third-order valence-corrected chi connectivity index (χ3v) is 20.0. The summed E-state index contributed by atoms with van der Waals surface area (Å²) in [4.78, 5) is 111. The largest absolute Gasteiger partial charge is 0.550 e. The number of nitrogens with zero attached hydrogens (tertiary/aromatic N) is 5. The van der Waals surface area contributed by atoms with Crippen molar-refractivity contribution in [3.63, 3.8) is 0 Å². The number of hydrogen-bond acceptors (Lipinski definition) is 12. The monoisotopic (exact) mass is 1720 g/mol. The molecular formula is C100H143N13O12.